The summed E-state index contributed by atoms with van der Waals surface area (Å²) in [6.07, 6.45) is 4.91. The van der Waals surface area contributed by atoms with E-state index in [2.05, 4.69) is 15.1 Å². The Morgan fingerprint density at radius 1 is 0.964 bits per heavy atom. The van der Waals surface area contributed by atoms with Crippen LogP contribution < -0.4 is 0 Å². The van der Waals surface area contributed by atoms with Crippen molar-refractivity contribution in [3.63, 3.8) is 0 Å². The molecule has 0 aliphatic carbocycles. The number of pyridine rings is 2. The van der Waals surface area contributed by atoms with Crippen LogP contribution in [0, 0.1) is 6.92 Å². The van der Waals surface area contributed by atoms with Crippen molar-refractivity contribution in [1.82, 2.24) is 14.9 Å². The Hall–Kier alpha value is -3.54. The largest absolute Gasteiger partial charge is 0.380 e. The Balaban J connectivity index is 1.68. The van der Waals surface area contributed by atoms with E-state index in [9.17, 15) is 4.79 Å². The van der Waals surface area contributed by atoms with Gasteiger partial charge >= 0.3 is 0 Å². The maximum atomic E-state index is 13.3. The van der Waals surface area contributed by atoms with Crippen LogP contribution >= 0.6 is 0 Å². The van der Waals surface area contributed by atoms with Crippen LogP contribution in [0.2, 0.25) is 0 Å². The summed E-state index contributed by atoms with van der Waals surface area (Å²) in [5.41, 5.74) is 3.56. The van der Waals surface area contributed by atoms with Crippen LogP contribution in [0.3, 0.4) is 0 Å². The van der Waals surface area contributed by atoms with Gasteiger partial charge in [0, 0.05) is 25.0 Å². The fourth-order valence-electron chi connectivity index (χ4n) is 3.15. The lowest BCUT2D eigenvalue weighted by Crippen LogP contribution is -2.48. The Labute approximate surface area is 163 Å². The minimum atomic E-state index is -0.669. The lowest BCUT2D eigenvalue weighted by Gasteiger charge is -2.31. The van der Waals surface area contributed by atoms with Gasteiger partial charge in [-0.2, -0.15) is 0 Å². The molecule has 0 saturated heterocycles. The Morgan fingerprint density at radius 2 is 1.75 bits per heavy atom. The SMILES string of the molecule is Cc1cccnc1C1=NOC(Cc2ccccc2)C(=O)N1Cc1ccncc1. The van der Waals surface area contributed by atoms with Gasteiger partial charge in [-0.25, -0.2) is 0 Å². The zero-order valence-corrected chi connectivity index (χ0v) is 15.5. The second-order valence-corrected chi connectivity index (χ2v) is 6.65. The highest BCUT2D eigenvalue weighted by Crippen LogP contribution is 2.21. The Bertz CT molecular complexity index is 990. The van der Waals surface area contributed by atoms with Crippen LogP contribution in [0.5, 0.6) is 0 Å². The number of aromatic nitrogens is 2. The van der Waals surface area contributed by atoms with Gasteiger partial charge in [0.15, 0.2) is 0 Å². The van der Waals surface area contributed by atoms with Crippen molar-refractivity contribution in [3.8, 4) is 0 Å². The maximum Gasteiger partial charge on any atom is 0.272 e. The normalized spacial score (nSPS) is 16.5. The van der Waals surface area contributed by atoms with Gasteiger partial charge in [0.1, 0.15) is 5.69 Å². The molecule has 0 fully saturated rings. The predicted octanol–water partition coefficient (Wildman–Crippen LogP) is 3.12. The number of nitrogens with zero attached hydrogens (tertiary/aromatic N) is 4. The molecule has 2 aromatic heterocycles. The number of benzene rings is 1. The third-order valence-electron chi connectivity index (χ3n) is 4.64. The van der Waals surface area contributed by atoms with E-state index >= 15 is 0 Å². The van der Waals surface area contributed by atoms with Crippen molar-refractivity contribution >= 4 is 11.7 Å². The van der Waals surface area contributed by atoms with Crippen LogP contribution in [0.25, 0.3) is 0 Å². The summed E-state index contributed by atoms with van der Waals surface area (Å²) in [6.45, 7) is 2.32. The number of hydrogen-bond acceptors (Lipinski definition) is 5. The van der Waals surface area contributed by atoms with Crippen molar-refractivity contribution in [2.75, 3.05) is 0 Å². The summed E-state index contributed by atoms with van der Waals surface area (Å²) in [4.78, 5) is 29.1. The van der Waals surface area contributed by atoms with Gasteiger partial charge in [-0.05, 0) is 41.8 Å². The van der Waals surface area contributed by atoms with Crippen molar-refractivity contribution in [3.05, 3.63) is 95.6 Å². The number of aryl methyl sites for hydroxylation is 1. The summed E-state index contributed by atoms with van der Waals surface area (Å²) in [5, 5.41) is 4.31. The van der Waals surface area contributed by atoms with E-state index in [1.54, 1.807) is 23.5 Å². The standard InChI is InChI=1S/C22H20N4O2/c1-16-6-5-11-24-20(16)21-25-28-19(14-17-7-3-2-4-8-17)22(27)26(21)15-18-9-12-23-13-10-18/h2-13,19H,14-15H2,1H3. The zero-order valence-electron chi connectivity index (χ0n) is 15.5. The van der Waals surface area contributed by atoms with Gasteiger partial charge in [-0.3, -0.25) is 19.7 Å². The molecule has 1 aliphatic rings. The molecule has 28 heavy (non-hydrogen) atoms. The van der Waals surface area contributed by atoms with Crippen molar-refractivity contribution < 1.29 is 9.63 Å². The lowest BCUT2D eigenvalue weighted by molar-refractivity contribution is -0.143. The van der Waals surface area contributed by atoms with E-state index in [0.29, 0.717) is 24.5 Å². The van der Waals surface area contributed by atoms with Gasteiger partial charge < -0.3 is 4.84 Å². The van der Waals surface area contributed by atoms with Gasteiger partial charge in [0.2, 0.25) is 11.9 Å². The van der Waals surface area contributed by atoms with E-state index < -0.39 is 6.10 Å². The maximum absolute atomic E-state index is 13.3. The first-order valence-corrected chi connectivity index (χ1v) is 9.12. The summed E-state index contributed by atoms with van der Waals surface area (Å²) >= 11 is 0. The molecule has 0 spiro atoms. The van der Waals surface area contributed by atoms with Crippen LogP contribution in [-0.2, 0) is 22.6 Å². The molecular weight excluding hydrogens is 352 g/mol. The van der Waals surface area contributed by atoms with Gasteiger partial charge in [-0.1, -0.05) is 41.6 Å². The topological polar surface area (TPSA) is 67.7 Å². The zero-order chi connectivity index (χ0) is 19.3. The first-order chi connectivity index (χ1) is 13.7. The number of carbonyl (C=O) groups is 1. The molecule has 140 valence electrons. The van der Waals surface area contributed by atoms with E-state index in [1.807, 2.05) is 61.5 Å². The third kappa shape index (κ3) is 3.76. The highest BCUT2D eigenvalue weighted by atomic mass is 16.6. The summed E-state index contributed by atoms with van der Waals surface area (Å²) in [6, 6.07) is 17.4. The second kappa shape index (κ2) is 8.00. The molecule has 1 amide bonds. The van der Waals surface area contributed by atoms with Crippen molar-refractivity contribution in [1.29, 1.82) is 0 Å². The fourth-order valence-corrected chi connectivity index (χ4v) is 3.15. The van der Waals surface area contributed by atoms with Crippen LogP contribution in [0.4, 0.5) is 0 Å². The third-order valence-corrected chi connectivity index (χ3v) is 4.64. The molecule has 6 heteroatoms. The molecule has 0 bridgehead atoms. The van der Waals surface area contributed by atoms with E-state index in [0.717, 1.165) is 16.7 Å². The molecule has 1 aliphatic heterocycles. The molecule has 0 N–H and O–H groups in total. The minimum Gasteiger partial charge on any atom is -0.380 e. The highest BCUT2D eigenvalue weighted by molar-refractivity contribution is 6.09. The molecule has 3 aromatic rings. The first kappa shape index (κ1) is 17.9. The number of rotatable bonds is 5. The molecule has 6 nitrogen and oxygen atoms in total. The van der Waals surface area contributed by atoms with Crippen LogP contribution in [0.1, 0.15) is 22.4 Å². The molecule has 3 heterocycles. The molecule has 4 rings (SSSR count). The van der Waals surface area contributed by atoms with Crippen molar-refractivity contribution in [2.45, 2.75) is 26.0 Å². The number of amides is 1. The average molecular weight is 372 g/mol. The average Bonchev–Trinajstić information content (AvgIpc) is 2.73. The second-order valence-electron chi connectivity index (χ2n) is 6.65. The quantitative estimate of drug-likeness (QED) is 0.690. The Kier molecular flexibility index (Phi) is 5.10. The molecule has 0 radical (unpaired) electrons. The minimum absolute atomic E-state index is 0.129. The van der Waals surface area contributed by atoms with E-state index in [4.69, 9.17) is 4.84 Å². The molecule has 1 atom stereocenters. The van der Waals surface area contributed by atoms with Gasteiger partial charge in [0.25, 0.3) is 5.91 Å². The fraction of sp³-hybridized carbons (Fsp3) is 0.182. The summed E-state index contributed by atoms with van der Waals surface area (Å²) in [5.74, 6) is 0.306. The van der Waals surface area contributed by atoms with Crippen LogP contribution in [0.15, 0.2) is 78.3 Å². The number of carbonyl (C=O) groups excluding carboxylic acids is 1. The molecule has 1 unspecified atom stereocenters. The lowest BCUT2D eigenvalue weighted by atomic mass is 10.1. The summed E-state index contributed by atoms with van der Waals surface area (Å²) < 4.78 is 0. The Morgan fingerprint density at radius 3 is 2.50 bits per heavy atom. The number of amidine groups is 1. The summed E-state index contributed by atoms with van der Waals surface area (Å²) in [7, 11) is 0. The number of hydrogen-bond donors (Lipinski definition) is 0. The van der Waals surface area contributed by atoms with E-state index in [-0.39, 0.29) is 5.91 Å². The monoisotopic (exact) mass is 372 g/mol. The van der Waals surface area contributed by atoms with Gasteiger partial charge in [0.05, 0.1) is 6.54 Å². The van der Waals surface area contributed by atoms with E-state index in [1.165, 1.54) is 0 Å². The smallest absolute Gasteiger partial charge is 0.272 e. The first-order valence-electron chi connectivity index (χ1n) is 9.12. The highest BCUT2D eigenvalue weighted by Gasteiger charge is 2.35. The van der Waals surface area contributed by atoms with Gasteiger partial charge in [-0.15, -0.1) is 0 Å². The van der Waals surface area contributed by atoms with Crippen molar-refractivity contribution in [2.24, 2.45) is 5.16 Å². The number of oxime groups is 1. The molecular formula is C22H20N4O2. The molecule has 1 aromatic carbocycles. The molecule has 0 saturated carbocycles. The van der Waals surface area contributed by atoms with Crippen LogP contribution in [-0.4, -0.2) is 32.7 Å². The predicted molar refractivity (Wildman–Crippen MR) is 105 cm³/mol.